The number of nitrogens with one attached hydrogen (secondary N) is 2. The van der Waals surface area contributed by atoms with E-state index in [9.17, 15) is 0 Å². The van der Waals surface area contributed by atoms with Gasteiger partial charge in [-0.1, -0.05) is 104 Å². The van der Waals surface area contributed by atoms with Crippen LogP contribution in [0.4, 0.5) is 0 Å². The lowest BCUT2D eigenvalue weighted by Gasteiger charge is -2.01. The molecule has 0 amide bonds. The van der Waals surface area contributed by atoms with Crippen LogP contribution in [0.15, 0.2) is 184 Å². The number of hydrogen-bond acceptors (Lipinski definition) is 10. The van der Waals surface area contributed by atoms with Crippen LogP contribution in [-0.4, -0.2) is 83.1 Å². The van der Waals surface area contributed by atoms with E-state index in [-0.39, 0.29) is 0 Å². The molecule has 0 aromatic carbocycles. The van der Waals surface area contributed by atoms with Crippen LogP contribution in [0.3, 0.4) is 0 Å². The van der Waals surface area contributed by atoms with Crippen molar-refractivity contribution in [3.05, 3.63) is 170 Å². The van der Waals surface area contributed by atoms with Crippen LogP contribution in [0.2, 0.25) is 0 Å². The Kier molecular flexibility index (Phi) is 54.1. The highest BCUT2D eigenvalue weighted by Crippen LogP contribution is 2.08. The van der Waals surface area contributed by atoms with Gasteiger partial charge in [0, 0.05) is 37.3 Å². The van der Waals surface area contributed by atoms with Gasteiger partial charge in [0.2, 0.25) is 0 Å². The van der Waals surface area contributed by atoms with E-state index in [4.69, 9.17) is 14.2 Å². The fraction of sp³-hybridized carbons (Fsp3) is 0.492. The standard InChI is InChI=1S/C6H13N.2C6H10.C5H11NS.2C5H8O.C5H6O.C5H6.2C4H5N.C4H4O.C4H4S/c1-2-4-6-7-5-3-1;2*1-2-4-6-5-3-1;1-2-6-3-5-7-4-1;3*1-2-4-6-5-3-1;5*1-2-4-5-3-1/h7H,1-6H2;2*1-2H,3-6H2;6H,1-5H2;2,4H,1,3,5H2;1-2H,3-5H2;1-4H,5H2;1-4H,5H2;1,3-4H,2H2;1-3H,4H2;2*1-4H. The Bertz CT molecular complexity index is 1330. The molecule has 69 heavy (non-hydrogen) atoms. The summed E-state index contributed by atoms with van der Waals surface area (Å²) in [6, 6.07) is 7.70. The smallest absolute Gasteiger partial charge is 0.106 e. The van der Waals surface area contributed by atoms with Gasteiger partial charge in [-0.3, -0.25) is 9.98 Å². The van der Waals surface area contributed by atoms with Crippen LogP contribution >= 0.6 is 23.1 Å². The number of rotatable bonds is 0. The summed E-state index contributed by atoms with van der Waals surface area (Å²) in [5.41, 5.74) is 0. The Hall–Kier alpha value is -4.45. The Labute approximate surface area is 428 Å². The Morgan fingerprint density at radius 2 is 1.12 bits per heavy atom. The molecule has 12 rings (SSSR count). The molecule has 0 radical (unpaired) electrons. The summed E-state index contributed by atoms with van der Waals surface area (Å²) in [6.07, 6.45) is 71.2. The molecule has 2 aromatic rings. The summed E-state index contributed by atoms with van der Waals surface area (Å²) in [4.78, 5) is 7.62. The first kappa shape index (κ1) is 62.6. The zero-order valence-corrected chi connectivity index (χ0v) is 43.8. The van der Waals surface area contributed by atoms with Gasteiger partial charge in [0.05, 0.1) is 51.4 Å². The van der Waals surface area contributed by atoms with Gasteiger partial charge in [0.15, 0.2) is 0 Å². The SMILES string of the molecule is C1=CCC=C1.C1=CCCCC1.C1=CCCCC1.C1=CCN=C1.C1=CCOC=C1.C1=CCOCC1.C1=CN=CC1.C1=COCCC1.C1CCCNCC1.C1CNCCSC1.c1ccoc1.c1ccsc1. The van der Waals surface area contributed by atoms with Gasteiger partial charge in [-0.25, -0.2) is 0 Å². The average molecular weight is 984 g/mol. The van der Waals surface area contributed by atoms with Gasteiger partial charge in [-0.05, 0) is 169 Å². The third-order valence-corrected chi connectivity index (χ3v) is 11.4. The van der Waals surface area contributed by atoms with Crippen LogP contribution in [-0.2, 0) is 14.2 Å². The summed E-state index contributed by atoms with van der Waals surface area (Å²) in [7, 11) is 0. The highest BCUT2D eigenvalue weighted by molar-refractivity contribution is 7.99. The lowest BCUT2D eigenvalue weighted by Crippen LogP contribution is -2.15. The molecule has 0 atom stereocenters. The third kappa shape index (κ3) is 57.8. The van der Waals surface area contributed by atoms with Crippen molar-refractivity contribution in [3.8, 4) is 0 Å². The quantitative estimate of drug-likeness (QED) is 0.254. The molecule has 2 fully saturated rings. The van der Waals surface area contributed by atoms with Crippen molar-refractivity contribution in [2.75, 3.05) is 70.7 Å². The van der Waals surface area contributed by atoms with Crippen molar-refractivity contribution in [1.29, 1.82) is 0 Å². The topological polar surface area (TPSA) is 89.6 Å². The van der Waals surface area contributed by atoms with Gasteiger partial charge in [-0.2, -0.15) is 23.1 Å². The number of furan rings is 1. The second-order valence-corrected chi connectivity index (χ2v) is 17.8. The molecule has 382 valence electrons. The second kappa shape index (κ2) is 59.7. The minimum Gasteiger partial charge on any atom is -0.502 e. The fourth-order valence-electron chi connectivity index (χ4n) is 5.95. The minimum atomic E-state index is 0.733. The number of hydrogen-bond donors (Lipinski definition) is 2. The Balaban J connectivity index is 0.000000377. The lowest BCUT2D eigenvalue weighted by molar-refractivity contribution is 0.158. The van der Waals surface area contributed by atoms with Gasteiger partial charge in [-0.15, -0.1) is 0 Å². The van der Waals surface area contributed by atoms with Crippen LogP contribution in [0.25, 0.3) is 0 Å². The summed E-state index contributed by atoms with van der Waals surface area (Å²) in [5, 5.41) is 10.8. The van der Waals surface area contributed by atoms with E-state index in [0.717, 1.165) is 52.2 Å². The van der Waals surface area contributed by atoms with Crippen molar-refractivity contribution in [2.24, 2.45) is 9.98 Å². The summed E-state index contributed by atoms with van der Waals surface area (Å²) in [6.45, 7) is 9.21. The van der Waals surface area contributed by atoms with E-state index in [2.05, 4.69) is 91.5 Å². The number of thioether (sulfide) groups is 1. The number of allylic oxidation sites excluding steroid dienone is 13. The van der Waals surface area contributed by atoms with E-state index in [1.807, 2.05) is 89.8 Å². The average Bonchev–Trinajstić information content (AvgIpc) is 4.33. The van der Waals surface area contributed by atoms with Crippen molar-refractivity contribution < 1.29 is 18.6 Å². The monoisotopic (exact) mass is 983 g/mol. The molecule has 3 aliphatic carbocycles. The zero-order chi connectivity index (χ0) is 48.8. The molecule has 0 saturated carbocycles. The maximum absolute atomic E-state index is 4.98. The third-order valence-electron chi connectivity index (χ3n) is 9.67. The molecule has 0 bridgehead atoms. The van der Waals surface area contributed by atoms with Crippen LogP contribution in [0.1, 0.15) is 116 Å². The number of ether oxygens (including phenoxy) is 3. The summed E-state index contributed by atoms with van der Waals surface area (Å²) < 4.78 is 19.3. The van der Waals surface area contributed by atoms with Crippen molar-refractivity contribution >= 4 is 35.5 Å². The van der Waals surface area contributed by atoms with E-state index < -0.39 is 0 Å². The maximum Gasteiger partial charge on any atom is 0.106 e. The first-order valence-electron chi connectivity index (χ1n) is 25.8. The van der Waals surface area contributed by atoms with E-state index >= 15 is 0 Å². The van der Waals surface area contributed by atoms with E-state index in [1.54, 1.807) is 48.8 Å². The normalized spacial score (nSPS) is 18.7. The Morgan fingerprint density at radius 1 is 0.449 bits per heavy atom. The molecule has 2 saturated heterocycles. The molecule has 0 spiro atoms. The molecule has 7 aliphatic heterocycles. The molecular formula is C59H90N4O4S2. The highest BCUT2D eigenvalue weighted by atomic mass is 32.2. The number of nitrogens with zero attached hydrogens (tertiary/aromatic N) is 2. The van der Waals surface area contributed by atoms with Gasteiger partial charge >= 0.3 is 0 Å². The van der Waals surface area contributed by atoms with Crippen molar-refractivity contribution in [3.63, 3.8) is 0 Å². The Morgan fingerprint density at radius 3 is 1.41 bits per heavy atom. The van der Waals surface area contributed by atoms with E-state index in [0.29, 0.717) is 0 Å². The molecular weight excluding hydrogens is 893 g/mol. The van der Waals surface area contributed by atoms with E-state index in [1.165, 1.54) is 134 Å². The first-order chi connectivity index (χ1) is 34.5. The first-order valence-corrected chi connectivity index (χ1v) is 27.9. The fourth-order valence-corrected chi connectivity index (χ4v) is 7.24. The van der Waals surface area contributed by atoms with Crippen LogP contribution in [0, 0.1) is 0 Å². The molecule has 2 aromatic heterocycles. The largest absolute Gasteiger partial charge is 0.502 e. The van der Waals surface area contributed by atoms with Crippen molar-refractivity contribution in [2.45, 2.75) is 116 Å². The molecule has 2 N–H and O–H groups in total. The number of thiophene rings is 1. The maximum atomic E-state index is 4.98. The minimum absolute atomic E-state index is 0.733. The molecule has 8 nitrogen and oxygen atoms in total. The second-order valence-electron chi connectivity index (χ2n) is 15.8. The molecule has 10 heteroatoms. The van der Waals surface area contributed by atoms with Gasteiger partial charge in [0.25, 0.3) is 0 Å². The summed E-state index contributed by atoms with van der Waals surface area (Å²) in [5.74, 6) is 2.66. The predicted molar refractivity (Wildman–Crippen MR) is 305 cm³/mol. The van der Waals surface area contributed by atoms with Gasteiger partial charge < -0.3 is 29.3 Å². The zero-order valence-electron chi connectivity index (χ0n) is 42.2. The predicted octanol–water partition coefficient (Wildman–Crippen LogP) is 15.6. The molecule has 9 heterocycles. The highest BCUT2D eigenvalue weighted by Gasteiger charge is 1.95. The van der Waals surface area contributed by atoms with Crippen molar-refractivity contribution in [1.82, 2.24) is 10.6 Å². The van der Waals surface area contributed by atoms with Crippen LogP contribution in [0.5, 0.6) is 0 Å². The van der Waals surface area contributed by atoms with Gasteiger partial charge in [0.1, 0.15) is 6.61 Å². The molecule has 0 unspecified atom stereocenters. The van der Waals surface area contributed by atoms with Crippen LogP contribution < -0.4 is 10.6 Å². The summed E-state index contributed by atoms with van der Waals surface area (Å²) >= 11 is 3.77. The lowest BCUT2D eigenvalue weighted by atomic mass is 10.1. The molecule has 10 aliphatic rings. The number of aliphatic imine (C=N–C) groups is 2.